The van der Waals surface area contributed by atoms with E-state index in [0.29, 0.717) is 42.8 Å². The summed E-state index contributed by atoms with van der Waals surface area (Å²) in [6, 6.07) is 6.91. The summed E-state index contributed by atoms with van der Waals surface area (Å²) < 4.78 is 15.6. The van der Waals surface area contributed by atoms with Crippen LogP contribution in [-0.4, -0.2) is 35.8 Å². The first-order valence-electron chi connectivity index (χ1n) is 7.57. The van der Waals surface area contributed by atoms with Crippen molar-refractivity contribution in [3.05, 3.63) is 41.5 Å². The molecule has 0 aliphatic carbocycles. The Kier molecular flexibility index (Phi) is 6.56. The molecule has 124 valence electrons. The smallest absolute Gasteiger partial charge is 0.251 e. The van der Waals surface area contributed by atoms with E-state index in [1.165, 1.54) is 0 Å². The first-order valence-corrected chi connectivity index (χ1v) is 7.57. The molecule has 0 aliphatic rings. The minimum absolute atomic E-state index is 0.109. The summed E-state index contributed by atoms with van der Waals surface area (Å²) in [6.07, 6.45) is 0.797. The minimum Gasteiger partial charge on any atom is -0.485 e. The number of nitrogens with one attached hydrogen (secondary N) is 1. The molecule has 0 fully saturated rings. The largest absolute Gasteiger partial charge is 0.485 e. The average Bonchev–Trinajstić information content (AvgIpc) is 2.98. The number of carbonyl (C=O) groups is 1. The first kappa shape index (κ1) is 17.0. The molecule has 2 rings (SSSR count). The fraction of sp³-hybridized carbons (Fsp3) is 0.438. The van der Waals surface area contributed by atoms with Crippen molar-refractivity contribution in [2.45, 2.75) is 26.9 Å². The Morgan fingerprint density at radius 2 is 2.09 bits per heavy atom. The zero-order valence-electron chi connectivity index (χ0n) is 13.4. The number of amides is 1. The van der Waals surface area contributed by atoms with Gasteiger partial charge in [0.1, 0.15) is 5.75 Å². The van der Waals surface area contributed by atoms with Gasteiger partial charge in [-0.15, -0.1) is 0 Å². The predicted molar refractivity (Wildman–Crippen MR) is 83.3 cm³/mol. The molecule has 0 bridgehead atoms. The van der Waals surface area contributed by atoms with Crippen LogP contribution in [0.4, 0.5) is 0 Å². The van der Waals surface area contributed by atoms with E-state index in [1.54, 1.807) is 31.2 Å². The summed E-state index contributed by atoms with van der Waals surface area (Å²) in [7, 11) is 0. The lowest BCUT2D eigenvalue weighted by atomic mass is 10.2. The molecule has 1 heterocycles. The molecule has 0 unspecified atom stereocenters. The number of hydrogen-bond acceptors (Lipinski definition) is 6. The summed E-state index contributed by atoms with van der Waals surface area (Å²) in [5.41, 5.74) is 0.587. The second-order valence-corrected chi connectivity index (χ2v) is 4.85. The number of ether oxygens (including phenoxy) is 2. The topological polar surface area (TPSA) is 86.5 Å². The van der Waals surface area contributed by atoms with E-state index in [9.17, 15) is 4.79 Å². The van der Waals surface area contributed by atoms with E-state index in [4.69, 9.17) is 14.0 Å². The molecule has 2 aromatic rings. The van der Waals surface area contributed by atoms with Gasteiger partial charge in [0.25, 0.3) is 5.91 Å². The van der Waals surface area contributed by atoms with Crippen LogP contribution in [0.2, 0.25) is 0 Å². The standard InChI is InChI=1S/C16H21N3O4/c1-3-21-10-4-9-17-16(20)13-5-7-14(8-6-13)22-11-15-18-12(2)23-19-15/h5-8H,3-4,9-11H2,1-2H3,(H,17,20). The van der Waals surface area contributed by atoms with Crippen LogP contribution in [0.15, 0.2) is 28.8 Å². The first-order chi connectivity index (χ1) is 11.2. The van der Waals surface area contributed by atoms with E-state index in [1.807, 2.05) is 6.92 Å². The van der Waals surface area contributed by atoms with Crippen LogP contribution in [0.25, 0.3) is 0 Å². The molecular formula is C16H21N3O4. The van der Waals surface area contributed by atoms with Crippen LogP contribution in [0.3, 0.4) is 0 Å². The summed E-state index contributed by atoms with van der Waals surface area (Å²) in [5, 5.41) is 6.59. The van der Waals surface area contributed by atoms with Gasteiger partial charge in [0.15, 0.2) is 6.61 Å². The van der Waals surface area contributed by atoms with Gasteiger partial charge in [-0.2, -0.15) is 4.98 Å². The molecule has 0 saturated heterocycles. The summed E-state index contributed by atoms with van der Waals surface area (Å²) in [4.78, 5) is 16.0. The zero-order valence-corrected chi connectivity index (χ0v) is 13.4. The lowest BCUT2D eigenvalue weighted by molar-refractivity contribution is 0.0944. The molecule has 1 aromatic heterocycles. The number of aryl methyl sites for hydroxylation is 1. The third-order valence-electron chi connectivity index (χ3n) is 3.01. The van der Waals surface area contributed by atoms with E-state index in [-0.39, 0.29) is 12.5 Å². The fourth-order valence-corrected chi connectivity index (χ4v) is 1.87. The van der Waals surface area contributed by atoms with Gasteiger partial charge < -0.3 is 19.3 Å². The molecule has 7 heteroatoms. The number of rotatable bonds is 9. The van der Waals surface area contributed by atoms with Crippen LogP contribution in [0, 0.1) is 6.92 Å². The van der Waals surface area contributed by atoms with Gasteiger partial charge in [-0.3, -0.25) is 4.79 Å². The zero-order chi connectivity index (χ0) is 16.5. The summed E-state index contributed by atoms with van der Waals surface area (Å²) in [5.74, 6) is 1.51. The molecule has 0 radical (unpaired) electrons. The SMILES string of the molecule is CCOCCCNC(=O)c1ccc(OCc2noc(C)n2)cc1. The van der Waals surface area contributed by atoms with Crippen LogP contribution < -0.4 is 10.1 Å². The van der Waals surface area contributed by atoms with Gasteiger partial charge >= 0.3 is 0 Å². The highest BCUT2D eigenvalue weighted by Gasteiger charge is 2.06. The maximum atomic E-state index is 11.9. The Balaban J connectivity index is 1.76. The Labute approximate surface area is 135 Å². The quantitative estimate of drug-likeness (QED) is 0.712. The minimum atomic E-state index is -0.109. The van der Waals surface area contributed by atoms with E-state index < -0.39 is 0 Å². The van der Waals surface area contributed by atoms with Crippen molar-refractivity contribution in [3.63, 3.8) is 0 Å². The molecule has 1 N–H and O–H groups in total. The third-order valence-corrected chi connectivity index (χ3v) is 3.01. The van der Waals surface area contributed by atoms with Crippen molar-refractivity contribution in [2.75, 3.05) is 19.8 Å². The maximum absolute atomic E-state index is 11.9. The predicted octanol–water partition coefficient (Wildman–Crippen LogP) is 2.11. The molecule has 7 nitrogen and oxygen atoms in total. The van der Waals surface area contributed by atoms with Crippen LogP contribution in [-0.2, 0) is 11.3 Å². The monoisotopic (exact) mass is 319 g/mol. The number of carbonyl (C=O) groups excluding carboxylic acids is 1. The molecule has 0 saturated carbocycles. The van der Waals surface area contributed by atoms with E-state index in [0.717, 1.165) is 6.42 Å². The summed E-state index contributed by atoms with van der Waals surface area (Å²) in [6.45, 7) is 5.83. The van der Waals surface area contributed by atoms with Crippen molar-refractivity contribution in [3.8, 4) is 5.75 Å². The second kappa shape index (κ2) is 8.89. The molecule has 1 amide bonds. The lowest BCUT2D eigenvalue weighted by Gasteiger charge is -2.07. The highest BCUT2D eigenvalue weighted by molar-refractivity contribution is 5.94. The van der Waals surface area contributed by atoms with Gasteiger partial charge in [-0.1, -0.05) is 5.16 Å². The van der Waals surface area contributed by atoms with Crippen molar-refractivity contribution in [1.82, 2.24) is 15.5 Å². The maximum Gasteiger partial charge on any atom is 0.251 e. The van der Waals surface area contributed by atoms with Gasteiger partial charge in [0.2, 0.25) is 11.7 Å². The van der Waals surface area contributed by atoms with E-state index in [2.05, 4.69) is 15.5 Å². The Morgan fingerprint density at radius 1 is 1.30 bits per heavy atom. The Bertz CT molecular complexity index is 610. The number of aromatic nitrogens is 2. The molecule has 0 atom stereocenters. The third kappa shape index (κ3) is 5.71. The van der Waals surface area contributed by atoms with Gasteiger partial charge in [0.05, 0.1) is 0 Å². The van der Waals surface area contributed by atoms with Crippen molar-refractivity contribution < 1.29 is 18.8 Å². The molecule has 0 aliphatic heterocycles. The lowest BCUT2D eigenvalue weighted by Crippen LogP contribution is -2.25. The molecular weight excluding hydrogens is 298 g/mol. The van der Waals surface area contributed by atoms with Gasteiger partial charge in [-0.05, 0) is 37.6 Å². The summed E-state index contributed by atoms with van der Waals surface area (Å²) >= 11 is 0. The van der Waals surface area contributed by atoms with Gasteiger partial charge in [-0.25, -0.2) is 0 Å². The number of hydrogen-bond donors (Lipinski definition) is 1. The van der Waals surface area contributed by atoms with Gasteiger partial charge in [0, 0.05) is 32.2 Å². The molecule has 0 spiro atoms. The van der Waals surface area contributed by atoms with Crippen molar-refractivity contribution >= 4 is 5.91 Å². The number of benzene rings is 1. The van der Waals surface area contributed by atoms with Crippen molar-refractivity contribution in [2.24, 2.45) is 0 Å². The number of nitrogens with zero attached hydrogens (tertiary/aromatic N) is 2. The highest BCUT2D eigenvalue weighted by atomic mass is 16.5. The van der Waals surface area contributed by atoms with Crippen LogP contribution in [0.5, 0.6) is 5.75 Å². The fourth-order valence-electron chi connectivity index (χ4n) is 1.87. The van der Waals surface area contributed by atoms with Crippen molar-refractivity contribution in [1.29, 1.82) is 0 Å². The van der Waals surface area contributed by atoms with E-state index >= 15 is 0 Å². The normalized spacial score (nSPS) is 10.5. The second-order valence-electron chi connectivity index (χ2n) is 4.85. The van der Waals surface area contributed by atoms with Crippen LogP contribution >= 0.6 is 0 Å². The highest BCUT2D eigenvalue weighted by Crippen LogP contribution is 2.13. The molecule has 23 heavy (non-hydrogen) atoms. The molecule has 1 aromatic carbocycles. The average molecular weight is 319 g/mol. The Hall–Kier alpha value is -2.41. The Morgan fingerprint density at radius 3 is 2.74 bits per heavy atom. The van der Waals surface area contributed by atoms with Crippen LogP contribution in [0.1, 0.15) is 35.4 Å².